The van der Waals surface area contributed by atoms with Crippen molar-refractivity contribution in [2.45, 2.75) is 31.8 Å². The van der Waals surface area contributed by atoms with E-state index in [2.05, 4.69) is 0 Å². The van der Waals surface area contributed by atoms with Gasteiger partial charge in [-0.05, 0) is 19.4 Å². The Kier molecular flexibility index (Phi) is 2.78. The molecule has 1 aromatic carbocycles. The molecule has 1 fully saturated rings. The lowest BCUT2D eigenvalue weighted by Gasteiger charge is -2.20. The molecule has 1 saturated heterocycles. The average molecular weight is 208 g/mol. The third-order valence-corrected chi connectivity index (χ3v) is 2.52. The summed E-state index contributed by atoms with van der Waals surface area (Å²) in [5.41, 5.74) is 0.865. The van der Waals surface area contributed by atoms with E-state index in [1.54, 1.807) is 0 Å². The van der Waals surface area contributed by atoms with Crippen LogP contribution in [0, 0.1) is 0 Å². The highest BCUT2D eigenvalue weighted by Crippen LogP contribution is 2.30. The average Bonchev–Trinajstić information content (AvgIpc) is 2.59. The summed E-state index contributed by atoms with van der Waals surface area (Å²) in [6, 6.07) is 9.50. The van der Waals surface area contributed by atoms with Crippen LogP contribution >= 0.6 is 0 Å². The van der Waals surface area contributed by atoms with E-state index in [0.29, 0.717) is 6.61 Å². The summed E-state index contributed by atoms with van der Waals surface area (Å²) in [6.45, 7) is 4.14. The first-order valence-electron chi connectivity index (χ1n) is 5.13. The third kappa shape index (κ3) is 2.37. The van der Waals surface area contributed by atoms with Crippen LogP contribution in [0.25, 0.3) is 0 Å². The molecule has 3 heteroatoms. The van der Waals surface area contributed by atoms with Gasteiger partial charge in [-0.1, -0.05) is 30.3 Å². The fourth-order valence-corrected chi connectivity index (χ4v) is 1.74. The van der Waals surface area contributed by atoms with E-state index in [9.17, 15) is 5.11 Å². The summed E-state index contributed by atoms with van der Waals surface area (Å²) >= 11 is 0. The van der Waals surface area contributed by atoms with E-state index in [0.717, 1.165) is 5.56 Å². The number of aliphatic hydroxyl groups excluding tert-OH is 1. The van der Waals surface area contributed by atoms with Crippen LogP contribution in [0.1, 0.15) is 25.5 Å². The SMILES string of the molecule is CC1(C)OC[C@H]([C@H](O)c2ccccc2)O1. The quantitative estimate of drug-likeness (QED) is 0.806. The van der Waals surface area contributed by atoms with Gasteiger partial charge in [0.25, 0.3) is 0 Å². The number of hydrogen-bond donors (Lipinski definition) is 1. The fourth-order valence-electron chi connectivity index (χ4n) is 1.74. The van der Waals surface area contributed by atoms with Crippen molar-refractivity contribution < 1.29 is 14.6 Å². The van der Waals surface area contributed by atoms with Gasteiger partial charge >= 0.3 is 0 Å². The number of hydrogen-bond acceptors (Lipinski definition) is 3. The fraction of sp³-hybridized carbons (Fsp3) is 0.500. The summed E-state index contributed by atoms with van der Waals surface area (Å²) < 4.78 is 11.0. The molecule has 1 aliphatic heterocycles. The molecule has 0 bridgehead atoms. The summed E-state index contributed by atoms with van der Waals surface area (Å²) in [5.74, 6) is -0.583. The maximum absolute atomic E-state index is 10.0. The molecule has 0 aromatic heterocycles. The number of rotatable bonds is 2. The van der Waals surface area contributed by atoms with E-state index in [1.807, 2.05) is 44.2 Å². The second kappa shape index (κ2) is 3.93. The molecular weight excluding hydrogens is 192 g/mol. The van der Waals surface area contributed by atoms with Gasteiger partial charge in [0.1, 0.15) is 12.2 Å². The maximum atomic E-state index is 10.0. The van der Waals surface area contributed by atoms with Gasteiger partial charge in [-0.2, -0.15) is 0 Å². The van der Waals surface area contributed by atoms with Crippen molar-refractivity contribution in [2.75, 3.05) is 6.61 Å². The zero-order valence-electron chi connectivity index (χ0n) is 9.01. The Morgan fingerprint density at radius 1 is 1.33 bits per heavy atom. The van der Waals surface area contributed by atoms with Gasteiger partial charge in [0.05, 0.1) is 6.61 Å². The monoisotopic (exact) mass is 208 g/mol. The van der Waals surface area contributed by atoms with E-state index in [-0.39, 0.29) is 6.10 Å². The molecule has 1 aliphatic rings. The van der Waals surface area contributed by atoms with Gasteiger partial charge < -0.3 is 14.6 Å². The summed E-state index contributed by atoms with van der Waals surface area (Å²) in [5, 5.41) is 10.0. The van der Waals surface area contributed by atoms with Crippen molar-refractivity contribution in [2.24, 2.45) is 0 Å². The van der Waals surface area contributed by atoms with E-state index in [1.165, 1.54) is 0 Å². The molecule has 0 aliphatic carbocycles. The molecule has 82 valence electrons. The Morgan fingerprint density at radius 3 is 2.53 bits per heavy atom. The van der Waals surface area contributed by atoms with Crippen LogP contribution in [0.4, 0.5) is 0 Å². The second-order valence-corrected chi connectivity index (χ2v) is 4.22. The molecule has 1 N–H and O–H groups in total. The van der Waals surface area contributed by atoms with Gasteiger partial charge in [0.15, 0.2) is 5.79 Å². The summed E-state index contributed by atoms with van der Waals surface area (Å²) in [7, 11) is 0. The van der Waals surface area contributed by atoms with Gasteiger partial charge in [-0.15, -0.1) is 0 Å². The lowest BCUT2D eigenvalue weighted by atomic mass is 10.1. The lowest BCUT2D eigenvalue weighted by Crippen LogP contribution is -2.25. The predicted molar refractivity (Wildman–Crippen MR) is 56.3 cm³/mol. The van der Waals surface area contributed by atoms with Crippen molar-refractivity contribution in [3.05, 3.63) is 35.9 Å². The van der Waals surface area contributed by atoms with Crippen LogP contribution in [-0.2, 0) is 9.47 Å². The molecule has 0 radical (unpaired) electrons. The van der Waals surface area contributed by atoms with Crippen LogP contribution in [0.15, 0.2) is 30.3 Å². The van der Waals surface area contributed by atoms with E-state index < -0.39 is 11.9 Å². The molecule has 15 heavy (non-hydrogen) atoms. The topological polar surface area (TPSA) is 38.7 Å². The van der Waals surface area contributed by atoms with E-state index >= 15 is 0 Å². The molecule has 2 rings (SSSR count). The van der Waals surface area contributed by atoms with Crippen molar-refractivity contribution in [1.29, 1.82) is 0 Å². The Labute approximate surface area is 89.6 Å². The predicted octanol–water partition coefficient (Wildman–Crippen LogP) is 1.87. The molecule has 3 nitrogen and oxygen atoms in total. The molecule has 1 aromatic rings. The molecule has 2 atom stereocenters. The summed E-state index contributed by atoms with van der Waals surface area (Å²) in [6.07, 6.45) is -0.893. The van der Waals surface area contributed by atoms with Gasteiger partial charge in [0.2, 0.25) is 0 Å². The highest BCUT2D eigenvalue weighted by Gasteiger charge is 2.37. The lowest BCUT2D eigenvalue weighted by molar-refractivity contribution is -0.151. The van der Waals surface area contributed by atoms with Gasteiger partial charge in [-0.25, -0.2) is 0 Å². The number of aliphatic hydroxyl groups is 1. The minimum Gasteiger partial charge on any atom is -0.386 e. The molecule has 0 spiro atoms. The third-order valence-electron chi connectivity index (χ3n) is 2.52. The molecular formula is C12H16O3. The highest BCUT2D eigenvalue weighted by molar-refractivity contribution is 5.18. The highest BCUT2D eigenvalue weighted by atomic mass is 16.7. The second-order valence-electron chi connectivity index (χ2n) is 4.22. The zero-order valence-corrected chi connectivity index (χ0v) is 9.01. The standard InChI is InChI=1S/C12H16O3/c1-12(2)14-8-10(15-12)11(13)9-6-4-3-5-7-9/h3-7,10-11,13H,8H2,1-2H3/t10-,11-/m1/s1. The van der Waals surface area contributed by atoms with Crippen molar-refractivity contribution in [3.8, 4) is 0 Å². The Balaban J connectivity index is 2.07. The smallest absolute Gasteiger partial charge is 0.163 e. The molecule has 0 amide bonds. The Hall–Kier alpha value is -0.900. The first-order chi connectivity index (χ1) is 7.08. The maximum Gasteiger partial charge on any atom is 0.163 e. The minimum absolute atomic E-state index is 0.276. The van der Waals surface area contributed by atoms with Crippen molar-refractivity contribution in [3.63, 3.8) is 0 Å². The number of ether oxygens (including phenoxy) is 2. The van der Waals surface area contributed by atoms with Crippen LogP contribution in [0.3, 0.4) is 0 Å². The Bertz CT molecular complexity index is 321. The van der Waals surface area contributed by atoms with Crippen LogP contribution in [0.5, 0.6) is 0 Å². The normalized spacial score (nSPS) is 26.5. The molecule has 0 unspecified atom stereocenters. The zero-order chi connectivity index (χ0) is 10.9. The summed E-state index contributed by atoms with van der Waals surface area (Å²) in [4.78, 5) is 0. The van der Waals surface area contributed by atoms with Crippen LogP contribution in [0.2, 0.25) is 0 Å². The van der Waals surface area contributed by atoms with Gasteiger partial charge in [0, 0.05) is 0 Å². The van der Waals surface area contributed by atoms with Crippen molar-refractivity contribution in [1.82, 2.24) is 0 Å². The van der Waals surface area contributed by atoms with Crippen LogP contribution < -0.4 is 0 Å². The van der Waals surface area contributed by atoms with Crippen molar-refractivity contribution >= 4 is 0 Å². The van der Waals surface area contributed by atoms with Crippen LogP contribution in [-0.4, -0.2) is 23.6 Å². The molecule has 0 saturated carbocycles. The minimum atomic E-state index is -0.618. The first-order valence-corrected chi connectivity index (χ1v) is 5.13. The first kappa shape index (κ1) is 10.6. The van der Waals surface area contributed by atoms with E-state index in [4.69, 9.17) is 9.47 Å². The molecule has 1 heterocycles. The van der Waals surface area contributed by atoms with Gasteiger partial charge in [-0.3, -0.25) is 0 Å². The largest absolute Gasteiger partial charge is 0.386 e. The Morgan fingerprint density at radius 2 is 2.00 bits per heavy atom. The number of benzene rings is 1.